The Bertz CT molecular complexity index is 711. The Morgan fingerprint density at radius 1 is 0.952 bits per heavy atom. The predicted octanol–water partition coefficient (Wildman–Crippen LogP) is -0.280. The molecule has 0 fully saturated rings. The largest absolute Gasteiger partial charge is 1.00 e. The third kappa shape index (κ3) is 3.56. The van der Waals surface area contributed by atoms with Crippen molar-refractivity contribution in [3.05, 3.63) is 64.7 Å². The minimum absolute atomic E-state index is 0. The minimum Gasteiger partial charge on any atom is -0.790 e. The monoisotopic (exact) mass is 310 g/mol. The zero-order chi connectivity index (χ0) is 14.9. The Labute approximate surface area is 147 Å². The van der Waals surface area contributed by atoms with Crippen molar-refractivity contribution in [2.45, 2.75) is 20.8 Å². The van der Waals surface area contributed by atoms with E-state index in [9.17, 15) is 14.3 Å². The second-order valence-electron chi connectivity index (χ2n) is 4.87. The maximum Gasteiger partial charge on any atom is 1.00 e. The van der Waals surface area contributed by atoms with Crippen LogP contribution >= 0.6 is 7.37 Å². The maximum absolute atomic E-state index is 12.4. The first-order chi connectivity index (χ1) is 9.35. The van der Waals surface area contributed by atoms with Crippen LogP contribution in [0.2, 0.25) is 0 Å². The standard InChI is InChI=1S/C16H17O3P.Na/c1-11-9-10-15(13(3)12(11)2)16(17)20(18,19)14-7-5-4-6-8-14;/h4-10H,1-3H3,(H,18,19);/q;+1/p-1. The topological polar surface area (TPSA) is 57.2 Å². The molecule has 0 aromatic heterocycles. The van der Waals surface area contributed by atoms with Crippen molar-refractivity contribution in [3.8, 4) is 0 Å². The van der Waals surface area contributed by atoms with Crippen molar-refractivity contribution >= 4 is 18.2 Å². The van der Waals surface area contributed by atoms with Crippen molar-refractivity contribution in [1.82, 2.24) is 0 Å². The summed E-state index contributed by atoms with van der Waals surface area (Å²) in [7, 11) is -4.31. The first-order valence-electron chi connectivity index (χ1n) is 6.34. The molecule has 104 valence electrons. The number of carbonyl (C=O) groups is 1. The molecule has 0 aliphatic rings. The van der Waals surface area contributed by atoms with Gasteiger partial charge in [0.15, 0.2) is 0 Å². The van der Waals surface area contributed by atoms with Gasteiger partial charge in [-0.25, -0.2) is 0 Å². The second-order valence-corrected chi connectivity index (χ2v) is 6.90. The summed E-state index contributed by atoms with van der Waals surface area (Å²) in [5.41, 5.74) is 2.16. The molecule has 0 radical (unpaired) electrons. The average molecular weight is 310 g/mol. The molecule has 3 nitrogen and oxygen atoms in total. The van der Waals surface area contributed by atoms with E-state index < -0.39 is 12.9 Å². The van der Waals surface area contributed by atoms with E-state index in [1.807, 2.05) is 13.8 Å². The number of rotatable bonds is 3. The van der Waals surface area contributed by atoms with Crippen LogP contribution in [-0.2, 0) is 4.57 Å². The van der Waals surface area contributed by atoms with Gasteiger partial charge < -0.3 is 9.46 Å². The molecule has 0 aliphatic heterocycles. The quantitative estimate of drug-likeness (QED) is 0.579. The number of aryl methyl sites for hydroxylation is 1. The van der Waals surface area contributed by atoms with Crippen LogP contribution in [0.5, 0.6) is 0 Å². The molecule has 1 atom stereocenters. The van der Waals surface area contributed by atoms with Crippen LogP contribution in [0.25, 0.3) is 0 Å². The van der Waals surface area contributed by atoms with Gasteiger partial charge in [-0.05, 0) is 37.5 Å². The molecule has 21 heavy (non-hydrogen) atoms. The number of hydrogen-bond donors (Lipinski definition) is 0. The van der Waals surface area contributed by atoms with Gasteiger partial charge in [-0.15, -0.1) is 0 Å². The number of benzene rings is 2. The number of carbonyl (C=O) groups excluding carboxylic acids is 1. The van der Waals surface area contributed by atoms with Crippen molar-refractivity contribution in [2.24, 2.45) is 0 Å². The van der Waals surface area contributed by atoms with Crippen LogP contribution in [0, 0.1) is 20.8 Å². The fourth-order valence-corrected chi connectivity index (χ4v) is 3.45. The molecule has 0 amide bonds. The molecule has 0 aliphatic carbocycles. The molecule has 0 spiro atoms. The second kappa shape index (κ2) is 7.04. The van der Waals surface area contributed by atoms with E-state index in [1.54, 1.807) is 37.3 Å². The molecule has 2 aromatic carbocycles. The van der Waals surface area contributed by atoms with Gasteiger partial charge >= 0.3 is 29.6 Å². The summed E-state index contributed by atoms with van der Waals surface area (Å²) in [6, 6.07) is 11.2. The molecule has 5 heteroatoms. The van der Waals surface area contributed by atoms with Gasteiger partial charge in [0.05, 0.1) is 0 Å². The van der Waals surface area contributed by atoms with Crippen molar-refractivity contribution in [3.63, 3.8) is 0 Å². The van der Waals surface area contributed by atoms with E-state index in [4.69, 9.17) is 0 Å². The first-order valence-corrected chi connectivity index (χ1v) is 7.96. The summed E-state index contributed by atoms with van der Waals surface area (Å²) >= 11 is 0. The van der Waals surface area contributed by atoms with Gasteiger partial charge in [0.2, 0.25) is 5.52 Å². The molecular weight excluding hydrogens is 294 g/mol. The van der Waals surface area contributed by atoms with E-state index in [-0.39, 0.29) is 40.4 Å². The summed E-state index contributed by atoms with van der Waals surface area (Å²) in [5.74, 6) is 0. The van der Waals surface area contributed by atoms with E-state index in [1.165, 1.54) is 12.1 Å². The van der Waals surface area contributed by atoms with Gasteiger partial charge in [0, 0.05) is 10.9 Å². The Balaban J connectivity index is 0.00000220. The van der Waals surface area contributed by atoms with E-state index in [0.29, 0.717) is 0 Å². The van der Waals surface area contributed by atoms with Gasteiger partial charge in [0.25, 0.3) is 0 Å². The minimum atomic E-state index is -4.31. The molecule has 0 N–H and O–H groups in total. The summed E-state index contributed by atoms with van der Waals surface area (Å²) in [6.07, 6.45) is 0. The van der Waals surface area contributed by atoms with Crippen molar-refractivity contribution in [1.29, 1.82) is 0 Å². The van der Waals surface area contributed by atoms with Crippen LogP contribution in [-0.4, -0.2) is 5.52 Å². The maximum atomic E-state index is 12.4. The fourth-order valence-electron chi connectivity index (χ4n) is 2.09. The zero-order valence-corrected chi connectivity index (χ0v) is 15.6. The summed E-state index contributed by atoms with van der Waals surface area (Å²) in [4.78, 5) is 24.7. The summed E-state index contributed by atoms with van der Waals surface area (Å²) < 4.78 is 12.4. The Hall–Kier alpha value is -0.700. The van der Waals surface area contributed by atoms with Crippen LogP contribution < -0.4 is 39.8 Å². The van der Waals surface area contributed by atoms with Gasteiger partial charge in [-0.1, -0.05) is 42.5 Å². The Morgan fingerprint density at radius 3 is 2.10 bits per heavy atom. The molecule has 0 heterocycles. The molecule has 0 saturated carbocycles. The van der Waals surface area contributed by atoms with E-state index >= 15 is 0 Å². The predicted molar refractivity (Wildman–Crippen MR) is 78.7 cm³/mol. The molecule has 1 unspecified atom stereocenters. The third-order valence-electron chi connectivity index (χ3n) is 3.65. The molecule has 2 aromatic rings. The average Bonchev–Trinajstić information content (AvgIpc) is 2.45. The molecule has 0 saturated heterocycles. The molecule has 2 rings (SSSR count). The Kier molecular flexibility index (Phi) is 6.15. The van der Waals surface area contributed by atoms with Crippen LogP contribution in [0.1, 0.15) is 27.0 Å². The van der Waals surface area contributed by atoms with Crippen LogP contribution in [0.15, 0.2) is 42.5 Å². The first kappa shape index (κ1) is 18.3. The number of hydrogen-bond acceptors (Lipinski definition) is 3. The molecular formula is C16H16NaO3P. The van der Waals surface area contributed by atoms with Crippen LogP contribution in [0.3, 0.4) is 0 Å². The zero-order valence-electron chi connectivity index (χ0n) is 12.7. The van der Waals surface area contributed by atoms with Gasteiger partial charge in [-0.2, -0.15) is 0 Å². The fraction of sp³-hybridized carbons (Fsp3) is 0.188. The Morgan fingerprint density at radius 2 is 1.52 bits per heavy atom. The van der Waals surface area contributed by atoms with E-state index in [0.717, 1.165) is 16.7 Å². The smallest absolute Gasteiger partial charge is 0.790 e. The summed E-state index contributed by atoms with van der Waals surface area (Å²) in [5, 5.41) is 0.0580. The summed E-state index contributed by atoms with van der Waals surface area (Å²) in [6.45, 7) is 5.60. The van der Waals surface area contributed by atoms with Crippen molar-refractivity contribution < 1.29 is 43.8 Å². The van der Waals surface area contributed by atoms with Crippen molar-refractivity contribution in [2.75, 3.05) is 0 Å². The molecule has 0 bridgehead atoms. The van der Waals surface area contributed by atoms with Gasteiger partial charge in [-0.3, -0.25) is 4.79 Å². The van der Waals surface area contributed by atoms with Gasteiger partial charge in [0.1, 0.15) is 7.37 Å². The third-order valence-corrected chi connectivity index (χ3v) is 5.41. The van der Waals surface area contributed by atoms with E-state index in [2.05, 4.69) is 0 Å². The SMILES string of the molecule is Cc1ccc(C(=O)P(=O)([O-])c2ccccc2)c(C)c1C.[Na+]. The van der Waals surface area contributed by atoms with Crippen LogP contribution in [0.4, 0.5) is 0 Å². The normalized spacial score (nSPS) is 13.1.